The van der Waals surface area contributed by atoms with Crippen molar-refractivity contribution in [3.8, 4) is 0 Å². The zero-order chi connectivity index (χ0) is 22.0. The number of hydrogen-bond acceptors (Lipinski definition) is 6. The van der Waals surface area contributed by atoms with Crippen molar-refractivity contribution in [2.45, 2.75) is 44.2 Å². The lowest BCUT2D eigenvalue weighted by Gasteiger charge is -2.33. The van der Waals surface area contributed by atoms with E-state index in [1.165, 1.54) is 17.4 Å². The fraction of sp³-hybridized carbons (Fsp3) is 0.455. The van der Waals surface area contributed by atoms with Crippen molar-refractivity contribution < 1.29 is 22.7 Å². The molecule has 31 heavy (non-hydrogen) atoms. The Labute approximate surface area is 190 Å². The summed E-state index contributed by atoms with van der Waals surface area (Å²) in [5, 5.41) is 1.51. The Kier molecular flexibility index (Phi) is 6.69. The van der Waals surface area contributed by atoms with E-state index in [0.29, 0.717) is 11.4 Å². The van der Waals surface area contributed by atoms with Crippen LogP contribution in [0, 0.1) is 0 Å². The third-order valence-corrected chi connectivity index (χ3v) is 9.28. The van der Waals surface area contributed by atoms with Gasteiger partial charge in [0.25, 0.3) is 5.91 Å². The van der Waals surface area contributed by atoms with Crippen LogP contribution in [0.5, 0.6) is 0 Å². The molecule has 1 atom stereocenters. The molecule has 2 heterocycles. The molecule has 0 spiro atoms. The number of thiophene rings is 1. The number of carbonyl (C=O) groups is 2. The predicted molar refractivity (Wildman–Crippen MR) is 123 cm³/mol. The molecular formula is C22H24ClNO5S2. The van der Waals surface area contributed by atoms with Crippen LogP contribution < -0.4 is 0 Å². The number of fused-ring (bicyclic) bond motifs is 1. The van der Waals surface area contributed by atoms with Crippen molar-refractivity contribution in [2.75, 3.05) is 18.1 Å². The van der Waals surface area contributed by atoms with E-state index < -0.39 is 22.4 Å². The molecule has 0 bridgehead atoms. The van der Waals surface area contributed by atoms with E-state index in [1.807, 2.05) is 24.3 Å². The molecule has 4 rings (SSSR count). The number of esters is 1. The number of hydrogen-bond donors (Lipinski definition) is 0. The van der Waals surface area contributed by atoms with Gasteiger partial charge in [0, 0.05) is 33.1 Å². The molecule has 166 valence electrons. The number of sulfone groups is 1. The van der Waals surface area contributed by atoms with E-state index in [4.69, 9.17) is 16.3 Å². The third kappa shape index (κ3) is 5.13. The minimum Gasteiger partial charge on any atom is -0.452 e. The maximum Gasteiger partial charge on any atom is 0.331 e. The Bertz CT molecular complexity index is 1120. The van der Waals surface area contributed by atoms with Crippen LogP contribution in [-0.2, 0) is 24.2 Å². The van der Waals surface area contributed by atoms with Gasteiger partial charge < -0.3 is 9.64 Å². The Hall–Kier alpha value is -1.90. The molecule has 2 aliphatic rings. The largest absolute Gasteiger partial charge is 0.452 e. The van der Waals surface area contributed by atoms with E-state index >= 15 is 0 Å². The average Bonchev–Trinajstić information content (AvgIpc) is 3.46. The summed E-state index contributed by atoms with van der Waals surface area (Å²) in [6, 6.07) is 7.41. The number of carbonyl (C=O) groups excluding carboxylic acids is 2. The SMILES string of the molecule is O=C(/C=C/c1sc2ccccc2c1Cl)OCC(=O)N(C1CCCC1)C1CCS(=O)(=O)C1. The molecule has 2 aromatic rings. The fourth-order valence-corrected chi connectivity index (χ4v) is 7.53. The van der Waals surface area contributed by atoms with Gasteiger partial charge in [-0.15, -0.1) is 11.3 Å². The van der Waals surface area contributed by atoms with Crippen LogP contribution in [0.15, 0.2) is 30.3 Å². The first-order valence-corrected chi connectivity index (χ1v) is 13.4. The molecule has 1 aliphatic carbocycles. The first-order chi connectivity index (χ1) is 14.8. The van der Waals surface area contributed by atoms with Crippen LogP contribution in [0.25, 0.3) is 16.2 Å². The highest BCUT2D eigenvalue weighted by Crippen LogP contribution is 2.36. The van der Waals surface area contributed by atoms with Gasteiger partial charge in [-0.05, 0) is 31.4 Å². The van der Waals surface area contributed by atoms with Gasteiger partial charge >= 0.3 is 5.97 Å². The Morgan fingerprint density at radius 2 is 1.90 bits per heavy atom. The second-order valence-electron chi connectivity index (χ2n) is 8.01. The zero-order valence-electron chi connectivity index (χ0n) is 17.0. The summed E-state index contributed by atoms with van der Waals surface area (Å²) in [4.78, 5) is 27.5. The van der Waals surface area contributed by atoms with Gasteiger partial charge in [0.05, 0.1) is 16.5 Å². The topological polar surface area (TPSA) is 80.8 Å². The summed E-state index contributed by atoms with van der Waals surface area (Å²) in [7, 11) is -3.11. The van der Waals surface area contributed by atoms with Crippen molar-refractivity contribution in [3.05, 3.63) is 40.2 Å². The fourth-order valence-electron chi connectivity index (χ4n) is 4.42. The normalized spacial score (nSPS) is 21.1. The predicted octanol–water partition coefficient (Wildman–Crippen LogP) is 4.07. The molecule has 1 aromatic carbocycles. The molecule has 1 aromatic heterocycles. The number of benzene rings is 1. The number of nitrogens with zero attached hydrogens (tertiary/aromatic N) is 1. The van der Waals surface area contributed by atoms with Crippen LogP contribution in [-0.4, -0.2) is 55.4 Å². The summed E-state index contributed by atoms with van der Waals surface area (Å²) in [5.74, 6) is -0.858. The van der Waals surface area contributed by atoms with E-state index in [0.717, 1.165) is 40.6 Å². The minimum atomic E-state index is -3.11. The van der Waals surface area contributed by atoms with E-state index in [1.54, 1.807) is 11.0 Å². The maximum absolute atomic E-state index is 12.9. The van der Waals surface area contributed by atoms with Crippen LogP contribution in [0.4, 0.5) is 0 Å². The van der Waals surface area contributed by atoms with Gasteiger partial charge in [0.1, 0.15) is 0 Å². The highest BCUT2D eigenvalue weighted by molar-refractivity contribution is 7.91. The van der Waals surface area contributed by atoms with Gasteiger partial charge in [-0.2, -0.15) is 0 Å². The number of rotatable bonds is 6. The third-order valence-electron chi connectivity index (χ3n) is 5.88. The molecule has 1 unspecified atom stereocenters. The second kappa shape index (κ2) is 9.30. The highest BCUT2D eigenvalue weighted by Gasteiger charge is 2.39. The van der Waals surface area contributed by atoms with Gasteiger partial charge in [-0.3, -0.25) is 4.79 Å². The number of ether oxygens (including phenoxy) is 1. The summed E-state index contributed by atoms with van der Waals surface area (Å²) >= 11 is 7.85. The maximum atomic E-state index is 12.9. The Balaban J connectivity index is 1.39. The molecule has 1 saturated heterocycles. The molecule has 0 N–H and O–H groups in total. The van der Waals surface area contributed by atoms with Crippen molar-refractivity contribution in [2.24, 2.45) is 0 Å². The van der Waals surface area contributed by atoms with Crippen LogP contribution in [0.2, 0.25) is 5.02 Å². The van der Waals surface area contributed by atoms with Gasteiger partial charge in [0.15, 0.2) is 16.4 Å². The van der Waals surface area contributed by atoms with E-state index in [9.17, 15) is 18.0 Å². The lowest BCUT2D eigenvalue weighted by Crippen LogP contribution is -2.48. The van der Waals surface area contributed by atoms with Crippen LogP contribution in [0.1, 0.15) is 37.0 Å². The highest BCUT2D eigenvalue weighted by atomic mass is 35.5. The molecule has 1 saturated carbocycles. The monoisotopic (exact) mass is 481 g/mol. The van der Waals surface area contributed by atoms with Crippen molar-refractivity contribution >= 4 is 60.8 Å². The van der Waals surface area contributed by atoms with Crippen LogP contribution in [0.3, 0.4) is 0 Å². The Morgan fingerprint density at radius 3 is 2.58 bits per heavy atom. The molecule has 1 amide bonds. The lowest BCUT2D eigenvalue weighted by atomic mass is 10.1. The molecule has 9 heteroatoms. The van der Waals surface area contributed by atoms with Crippen molar-refractivity contribution in [1.29, 1.82) is 0 Å². The van der Waals surface area contributed by atoms with Gasteiger partial charge in [-0.25, -0.2) is 13.2 Å². The van der Waals surface area contributed by atoms with Crippen LogP contribution >= 0.6 is 22.9 Å². The summed E-state index contributed by atoms with van der Waals surface area (Å²) < 4.78 is 30.0. The quantitative estimate of drug-likeness (QED) is 0.459. The van der Waals surface area contributed by atoms with Gasteiger partial charge in [0.2, 0.25) is 0 Å². The number of amides is 1. The van der Waals surface area contributed by atoms with Gasteiger partial charge in [-0.1, -0.05) is 42.6 Å². The van der Waals surface area contributed by atoms with Crippen molar-refractivity contribution in [1.82, 2.24) is 4.90 Å². The molecule has 2 fully saturated rings. The minimum absolute atomic E-state index is 0.00642. The molecular weight excluding hydrogens is 458 g/mol. The zero-order valence-corrected chi connectivity index (χ0v) is 19.3. The summed E-state index contributed by atoms with van der Waals surface area (Å²) in [5.41, 5.74) is 0. The standard InChI is InChI=1S/C22H24ClNO5S2/c23-22-17-7-3-4-8-18(17)30-19(22)9-10-21(26)29-13-20(25)24(15-5-1-2-6-15)16-11-12-31(27,28)14-16/h3-4,7-10,15-16H,1-2,5-6,11-14H2/b10-9+. The smallest absolute Gasteiger partial charge is 0.331 e. The number of halogens is 1. The summed E-state index contributed by atoms with van der Waals surface area (Å²) in [6.45, 7) is -0.392. The molecule has 1 aliphatic heterocycles. The Morgan fingerprint density at radius 1 is 1.16 bits per heavy atom. The average molecular weight is 482 g/mol. The molecule has 0 radical (unpaired) electrons. The lowest BCUT2D eigenvalue weighted by molar-refractivity contribution is -0.150. The second-order valence-corrected chi connectivity index (χ2v) is 11.7. The van der Waals surface area contributed by atoms with E-state index in [2.05, 4.69) is 0 Å². The first kappa shape index (κ1) is 22.3. The van der Waals surface area contributed by atoms with E-state index in [-0.39, 0.29) is 29.5 Å². The summed E-state index contributed by atoms with van der Waals surface area (Å²) in [6.07, 6.45) is 7.07. The van der Waals surface area contributed by atoms with Crippen molar-refractivity contribution in [3.63, 3.8) is 0 Å². The molecule has 6 nitrogen and oxygen atoms in total. The first-order valence-electron chi connectivity index (χ1n) is 10.4.